The molecular formula is C20H16ClN5O3S. The number of halogens is 1. The number of fused-ring (bicyclic) bond motifs is 1. The van der Waals surface area contributed by atoms with E-state index in [-0.39, 0.29) is 6.10 Å². The molecule has 10 heteroatoms. The molecule has 4 aromatic rings. The predicted molar refractivity (Wildman–Crippen MR) is 111 cm³/mol. The van der Waals surface area contributed by atoms with E-state index in [1.54, 1.807) is 12.1 Å². The van der Waals surface area contributed by atoms with E-state index in [9.17, 15) is 0 Å². The fourth-order valence-corrected chi connectivity index (χ4v) is 3.92. The van der Waals surface area contributed by atoms with Gasteiger partial charge in [0.1, 0.15) is 6.61 Å². The van der Waals surface area contributed by atoms with Crippen molar-refractivity contribution in [2.45, 2.75) is 17.0 Å². The Morgan fingerprint density at radius 3 is 2.73 bits per heavy atom. The Hall–Kier alpha value is -3.04. The third-order valence-corrected chi connectivity index (χ3v) is 5.82. The summed E-state index contributed by atoms with van der Waals surface area (Å²) in [5, 5.41) is 14.0. The molecule has 8 nitrogen and oxygen atoms in total. The van der Waals surface area contributed by atoms with Crippen LogP contribution in [-0.4, -0.2) is 31.5 Å². The number of benzene rings is 2. The van der Waals surface area contributed by atoms with Gasteiger partial charge in [0.05, 0.1) is 5.75 Å². The largest absolute Gasteiger partial charge is 0.485 e. The van der Waals surface area contributed by atoms with Gasteiger partial charge < -0.3 is 18.6 Å². The number of thioether (sulfide) groups is 1. The fraction of sp³-hybridized carbons (Fsp3) is 0.200. The first-order chi connectivity index (χ1) is 14.7. The van der Waals surface area contributed by atoms with Crippen LogP contribution in [0.3, 0.4) is 0 Å². The zero-order chi connectivity index (χ0) is 20.5. The van der Waals surface area contributed by atoms with Crippen molar-refractivity contribution in [1.82, 2.24) is 24.9 Å². The van der Waals surface area contributed by atoms with Crippen LogP contribution in [0.2, 0.25) is 5.02 Å². The highest BCUT2D eigenvalue weighted by molar-refractivity contribution is 7.98. The molecule has 2 aromatic heterocycles. The zero-order valence-corrected chi connectivity index (χ0v) is 17.4. The van der Waals surface area contributed by atoms with E-state index in [0.29, 0.717) is 40.7 Å². The molecule has 0 bridgehead atoms. The lowest BCUT2D eigenvalue weighted by atomic mass is 10.2. The maximum atomic E-state index is 6.03. The highest BCUT2D eigenvalue weighted by Gasteiger charge is 2.27. The van der Waals surface area contributed by atoms with Gasteiger partial charge in [-0.1, -0.05) is 40.7 Å². The molecule has 30 heavy (non-hydrogen) atoms. The summed E-state index contributed by atoms with van der Waals surface area (Å²) < 4.78 is 19.1. The first kappa shape index (κ1) is 19.0. The summed E-state index contributed by atoms with van der Waals surface area (Å²) in [6.07, 6.45) is -0.327. The molecule has 5 rings (SSSR count). The predicted octanol–water partition coefficient (Wildman–Crippen LogP) is 4.32. The summed E-state index contributed by atoms with van der Waals surface area (Å²) in [7, 11) is 1.90. The van der Waals surface area contributed by atoms with Gasteiger partial charge in [0.25, 0.3) is 0 Å². The van der Waals surface area contributed by atoms with Crippen molar-refractivity contribution < 1.29 is 14.0 Å². The Labute approximate surface area is 181 Å². The van der Waals surface area contributed by atoms with Crippen LogP contribution in [0.5, 0.6) is 11.5 Å². The van der Waals surface area contributed by atoms with E-state index in [2.05, 4.69) is 20.3 Å². The fourth-order valence-electron chi connectivity index (χ4n) is 3.03. The summed E-state index contributed by atoms with van der Waals surface area (Å²) in [5.74, 6) is 3.62. The van der Waals surface area contributed by atoms with Crippen LogP contribution in [-0.2, 0) is 12.8 Å². The Morgan fingerprint density at radius 1 is 1.10 bits per heavy atom. The van der Waals surface area contributed by atoms with E-state index in [1.807, 2.05) is 48.0 Å². The molecule has 0 spiro atoms. The van der Waals surface area contributed by atoms with Gasteiger partial charge in [-0.15, -0.1) is 10.2 Å². The van der Waals surface area contributed by atoms with Crippen LogP contribution in [0, 0.1) is 0 Å². The molecule has 0 saturated carbocycles. The zero-order valence-electron chi connectivity index (χ0n) is 15.9. The van der Waals surface area contributed by atoms with Gasteiger partial charge in [-0.05, 0) is 36.4 Å². The van der Waals surface area contributed by atoms with Crippen molar-refractivity contribution in [3.8, 4) is 22.9 Å². The molecule has 3 heterocycles. The standard InChI is InChI=1S/C20H16ClN5O3S/c1-26-19(16-10-27-14-4-2-3-5-15(14)28-16)23-24-20(26)30-11-17-22-18(25-29-17)12-6-8-13(21)9-7-12/h2-9,16H,10-11H2,1H3/t16-/m1/s1. The minimum atomic E-state index is -0.327. The third kappa shape index (κ3) is 3.73. The van der Waals surface area contributed by atoms with Gasteiger partial charge in [0, 0.05) is 17.6 Å². The Balaban J connectivity index is 1.26. The van der Waals surface area contributed by atoms with Crippen molar-refractivity contribution in [2.75, 3.05) is 6.61 Å². The second kappa shape index (κ2) is 8.00. The number of nitrogens with zero attached hydrogens (tertiary/aromatic N) is 5. The average molecular weight is 442 g/mol. The van der Waals surface area contributed by atoms with E-state index in [1.165, 1.54) is 11.8 Å². The molecule has 1 aliphatic rings. The first-order valence-electron chi connectivity index (χ1n) is 9.16. The van der Waals surface area contributed by atoms with Crippen LogP contribution < -0.4 is 9.47 Å². The number of hydrogen-bond acceptors (Lipinski definition) is 8. The monoisotopic (exact) mass is 441 g/mol. The van der Waals surface area contributed by atoms with Crippen LogP contribution >= 0.6 is 23.4 Å². The number of ether oxygens (including phenoxy) is 2. The van der Waals surface area contributed by atoms with Crippen molar-refractivity contribution in [2.24, 2.45) is 7.05 Å². The van der Waals surface area contributed by atoms with E-state index in [0.717, 1.165) is 16.5 Å². The maximum Gasteiger partial charge on any atom is 0.237 e. The number of rotatable bonds is 5. The molecule has 152 valence electrons. The lowest BCUT2D eigenvalue weighted by molar-refractivity contribution is 0.0825. The van der Waals surface area contributed by atoms with Crippen molar-refractivity contribution >= 4 is 23.4 Å². The molecule has 0 amide bonds. The highest BCUT2D eigenvalue weighted by atomic mass is 35.5. The lowest BCUT2D eigenvalue weighted by Gasteiger charge is -2.25. The van der Waals surface area contributed by atoms with Gasteiger partial charge in [-0.3, -0.25) is 0 Å². The number of aromatic nitrogens is 5. The number of hydrogen-bond donors (Lipinski definition) is 0. The van der Waals surface area contributed by atoms with Crippen LogP contribution in [0.25, 0.3) is 11.4 Å². The van der Waals surface area contributed by atoms with Crippen molar-refractivity contribution in [3.63, 3.8) is 0 Å². The Bertz CT molecular complexity index is 1180. The minimum absolute atomic E-state index is 0.327. The van der Waals surface area contributed by atoms with Crippen LogP contribution in [0.4, 0.5) is 0 Å². The lowest BCUT2D eigenvalue weighted by Crippen LogP contribution is -2.24. The average Bonchev–Trinajstić information content (AvgIpc) is 3.39. The number of para-hydroxylation sites is 2. The molecule has 1 atom stereocenters. The van der Waals surface area contributed by atoms with Gasteiger partial charge in [-0.2, -0.15) is 4.98 Å². The van der Waals surface area contributed by atoms with Crippen molar-refractivity contribution in [1.29, 1.82) is 0 Å². The Morgan fingerprint density at radius 2 is 1.90 bits per heavy atom. The molecule has 1 aliphatic heterocycles. The molecule has 0 N–H and O–H groups in total. The summed E-state index contributed by atoms with van der Waals surface area (Å²) in [6.45, 7) is 0.377. The molecule has 0 unspecified atom stereocenters. The second-order valence-corrected chi connectivity index (χ2v) is 7.95. The summed E-state index contributed by atoms with van der Waals surface area (Å²) >= 11 is 7.38. The normalized spacial score (nSPS) is 15.3. The van der Waals surface area contributed by atoms with Gasteiger partial charge in [0.2, 0.25) is 11.7 Å². The van der Waals surface area contributed by atoms with Gasteiger partial charge in [0.15, 0.2) is 28.6 Å². The summed E-state index contributed by atoms with van der Waals surface area (Å²) in [6, 6.07) is 14.9. The van der Waals surface area contributed by atoms with E-state index < -0.39 is 0 Å². The van der Waals surface area contributed by atoms with Crippen LogP contribution in [0.15, 0.2) is 58.2 Å². The van der Waals surface area contributed by atoms with Gasteiger partial charge >= 0.3 is 0 Å². The molecule has 2 aromatic carbocycles. The van der Waals surface area contributed by atoms with Crippen molar-refractivity contribution in [3.05, 3.63) is 65.3 Å². The Kier molecular flexibility index (Phi) is 5.06. The molecule has 0 saturated heterocycles. The topological polar surface area (TPSA) is 88.1 Å². The summed E-state index contributed by atoms with van der Waals surface area (Å²) in [5.41, 5.74) is 0.843. The van der Waals surface area contributed by atoms with Gasteiger partial charge in [-0.25, -0.2) is 0 Å². The minimum Gasteiger partial charge on any atom is -0.485 e. The summed E-state index contributed by atoms with van der Waals surface area (Å²) in [4.78, 5) is 4.43. The molecular weight excluding hydrogens is 426 g/mol. The van der Waals surface area contributed by atoms with E-state index in [4.69, 9.17) is 25.6 Å². The van der Waals surface area contributed by atoms with Crippen LogP contribution in [0.1, 0.15) is 17.8 Å². The SMILES string of the molecule is Cn1c(SCc2nc(-c3ccc(Cl)cc3)no2)nnc1[C@H]1COc2ccccc2O1. The first-order valence-corrected chi connectivity index (χ1v) is 10.5. The maximum absolute atomic E-state index is 6.03. The third-order valence-electron chi connectivity index (χ3n) is 4.56. The molecule has 0 fully saturated rings. The molecule has 0 radical (unpaired) electrons. The smallest absolute Gasteiger partial charge is 0.237 e. The quantitative estimate of drug-likeness (QED) is 0.423. The van der Waals surface area contributed by atoms with E-state index >= 15 is 0 Å². The highest BCUT2D eigenvalue weighted by Crippen LogP contribution is 2.36. The molecule has 0 aliphatic carbocycles. The second-order valence-electron chi connectivity index (χ2n) is 6.57.